The second-order valence-electron chi connectivity index (χ2n) is 9.66. The van der Waals surface area contributed by atoms with E-state index in [2.05, 4.69) is 31.3 Å². The molecule has 0 rings (SSSR count). The lowest BCUT2D eigenvalue weighted by Crippen LogP contribution is -2.76. The van der Waals surface area contributed by atoms with Gasteiger partial charge >= 0.3 is 24.0 Å². The molecule has 42 heavy (non-hydrogen) atoms. The number of carbonyl (C=O) groups is 2. The van der Waals surface area contributed by atoms with Gasteiger partial charge in [0.05, 0.1) is 41.5 Å². The van der Waals surface area contributed by atoms with E-state index in [0.717, 1.165) is 103 Å². The van der Waals surface area contributed by atoms with Crippen LogP contribution in [0.2, 0.25) is 0 Å². The largest absolute Gasteiger partial charge is 0.468 e. The number of nitrogens with two attached hydrogens (primary N) is 2. The number of hydrogen-bond donors (Lipinski definition) is 8. The molecule has 14 nitrogen and oxygen atoms in total. The molecular weight excluding hydrogens is 544 g/mol. The van der Waals surface area contributed by atoms with Crippen molar-refractivity contribution in [3.05, 3.63) is 0 Å². The van der Waals surface area contributed by atoms with E-state index in [-0.39, 0.29) is 24.0 Å². The molecular formula is C28H62N8O6+2. The maximum absolute atomic E-state index is 11.7. The number of methoxy groups -OCH3 is 4. The topological polar surface area (TPSA) is 199 Å². The second kappa shape index (κ2) is 31.3. The van der Waals surface area contributed by atoms with Gasteiger partial charge in [-0.3, -0.25) is 21.1 Å². The molecule has 0 aliphatic carbocycles. The van der Waals surface area contributed by atoms with Crippen molar-refractivity contribution in [3.63, 3.8) is 0 Å². The van der Waals surface area contributed by atoms with Crippen LogP contribution in [0.5, 0.6) is 0 Å². The van der Waals surface area contributed by atoms with Crippen LogP contribution in [0.4, 0.5) is 0 Å². The SMILES string of the molecule is CNCCCCN[C@H](CCCC[NH+]=C(N)OC)C(=O)OC.CNCCCC[C@@H](NCCCC[NH+]=C(N)OC)C(=O)OC. The first-order chi connectivity index (χ1) is 20.3. The Morgan fingerprint density at radius 3 is 1.33 bits per heavy atom. The Morgan fingerprint density at radius 2 is 0.929 bits per heavy atom. The van der Waals surface area contributed by atoms with Gasteiger partial charge in [0.1, 0.15) is 12.1 Å². The molecule has 0 aromatic rings. The number of rotatable bonds is 24. The van der Waals surface area contributed by atoms with Crippen molar-refractivity contribution in [2.24, 2.45) is 11.5 Å². The Hall–Kier alpha value is -2.68. The number of esters is 2. The van der Waals surface area contributed by atoms with Gasteiger partial charge in [0.15, 0.2) is 0 Å². The van der Waals surface area contributed by atoms with E-state index in [1.54, 1.807) is 0 Å². The minimum Gasteiger partial charge on any atom is -0.468 e. The molecule has 0 bridgehead atoms. The maximum Gasteiger partial charge on any atom is 0.439 e. The Bertz CT molecular complexity index is 712. The summed E-state index contributed by atoms with van der Waals surface area (Å²) >= 11 is 0. The number of unbranched alkanes of at least 4 members (excludes halogenated alkanes) is 4. The molecule has 0 radical (unpaired) electrons. The molecule has 0 saturated carbocycles. The lowest BCUT2D eigenvalue weighted by molar-refractivity contribution is -0.469. The molecule has 0 aliphatic heterocycles. The van der Waals surface area contributed by atoms with Gasteiger partial charge in [-0.1, -0.05) is 6.42 Å². The quantitative estimate of drug-likeness (QED) is 0.0236. The monoisotopic (exact) mass is 606 g/mol. The van der Waals surface area contributed by atoms with Crippen molar-refractivity contribution < 1.29 is 38.5 Å². The van der Waals surface area contributed by atoms with Crippen LogP contribution < -0.4 is 42.7 Å². The van der Waals surface area contributed by atoms with Crippen LogP contribution in [0.3, 0.4) is 0 Å². The Labute approximate surface area is 253 Å². The number of hydrogen-bond acceptors (Lipinski definition) is 10. The first-order valence-corrected chi connectivity index (χ1v) is 15.0. The van der Waals surface area contributed by atoms with E-state index in [1.807, 2.05) is 14.1 Å². The van der Waals surface area contributed by atoms with E-state index in [4.69, 9.17) is 30.4 Å². The molecule has 0 heterocycles. The molecule has 248 valence electrons. The van der Waals surface area contributed by atoms with Crippen LogP contribution in [0, 0.1) is 0 Å². The Morgan fingerprint density at radius 1 is 0.571 bits per heavy atom. The number of amidine groups is 2. The highest BCUT2D eigenvalue weighted by molar-refractivity contribution is 5.75. The zero-order valence-corrected chi connectivity index (χ0v) is 27.1. The molecule has 0 fully saturated rings. The fourth-order valence-electron chi connectivity index (χ4n) is 3.81. The minimum absolute atomic E-state index is 0.186. The molecule has 14 heteroatoms. The summed E-state index contributed by atoms with van der Waals surface area (Å²) in [7, 11) is 9.77. The van der Waals surface area contributed by atoms with E-state index in [1.165, 1.54) is 28.4 Å². The van der Waals surface area contributed by atoms with Gasteiger partial charge in [-0.25, -0.2) is 9.98 Å². The van der Waals surface area contributed by atoms with E-state index in [0.29, 0.717) is 12.0 Å². The molecule has 0 aliphatic rings. The first kappa shape index (κ1) is 41.5. The van der Waals surface area contributed by atoms with Crippen LogP contribution in [0.25, 0.3) is 0 Å². The van der Waals surface area contributed by atoms with Crippen molar-refractivity contribution >= 4 is 24.0 Å². The molecule has 0 saturated heterocycles. The van der Waals surface area contributed by atoms with Gasteiger partial charge in [-0.2, -0.15) is 0 Å². The van der Waals surface area contributed by atoms with Gasteiger partial charge < -0.3 is 40.2 Å². The van der Waals surface area contributed by atoms with Crippen LogP contribution in [0.1, 0.15) is 64.2 Å². The third-order valence-electron chi connectivity index (χ3n) is 6.34. The number of nitrogens with one attached hydrogen (secondary N) is 6. The van der Waals surface area contributed by atoms with Gasteiger partial charge in [-0.15, -0.1) is 0 Å². The summed E-state index contributed by atoms with van der Waals surface area (Å²) in [4.78, 5) is 29.3. The highest BCUT2D eigenvalue weighted by Crippen LogP contribution is 2.04. The molecule has 0 unspecified atom stereocenters. The van der Waals surface area contributed by atoms with Crippen molar-refractivity contribution in [1.29, 1.82) is 0 Å². The Kier molecular flexibility index (Phi) is 30.9. The highest BCUT2D eigenvalue weighted by atomic mass is 16.5. The lowest BCUT2D eigenvalue weighted by Gasteiger charge is -2.16. The fraction of sp³-hybridized carbons (Fsp3) is 0.857. The first-order valence-electron chi connectivity index (χ1n) is 15.0. The van der Waals surface area contributed by atoms with Crippen LogP contribution >= 0.6 is 0 Å². The van der Waals surface area contributed by atoms with Crippen LogP contribution in [0.15, 0.2) is 0 Å². The summed E-state index contributed by atoms with van der Waals surface area (Å²) in [5, 5.41) is 12.7. The van der Waals surface area contributed by atoms with Gasteiger partial charge in [0.25, 0.3) is 0 Å². The summed E-state index contributed by atoms with van der Waals surface area (Å²) in [6.45, 7) is 5.05. The predicted octanol–water partition coefficient (Wildman–Crippen LogP) is -3.34. The Balaban J connectivity index is 0. The summed E-state index contributed by atoms with van der Waals surface area (Å²) in [6, 6.07) is 0.214. The van der Waals surface area contributed by atoms with Crippen molar-refractivity contribution in [3.8, 4) is 0 Å². The molecule has 0 aromatic heterocycles. The molecule has 10 N–H and O–H groups in total. The summed E-state index contributed by atoms with van der Waals surface area (Å²) in [5.41, 5.74) is 11.0. The third-order valence-corrected chi connectivity index (χ3v) is 6.34. The standard InChI is InChI=1S/2C14H30N4O3/c1-16-9-6-7-10-17-12(13(19)20-2)8-4-5-11-18-14(15)21-3;1-16-9-5-4-8-12(13(19)20-2)17-10-6-7-11-18-14(15)21-3/h2*12,16-17H,4-11H2,1-3H3,(H2,15,18)/p+2/t2*12-/m11/s1. The smallest absolute Gasteiger partial charge is 0.439 e. The lowest BCUT2D eigenvalue weighted by atomic mass is 10.1. The zero-order valence-electron chi connectivity index (χ0n) is 27.1. The summed E-state index contributed by atoms with van der Waals surface area (Å²) in [6.07, 6.45) is 9.47. The minimum atomic E-state index is -0.228. The van der Waals surface area contributed by atoms with Crippen LogP contribution in [-0.2, 0) is 28.5 Å². The fourth-order valence-corrected chi connectivity index (χ4v) is 3.81. The second-order valence-corrected chi connectivity index (χ2v) is 9.66. The number of carbonyl (C=O) groups excluding carboxylic acids is 2. The molecule has 0 spiro atoms. The maximum atomic E-state index is 11.7. The van der Waals surface area contributed by atoms with E-state index in [9.17, 15) is 9.59 Å². The third kappa shape index (κ3) is 26.2. The number of ether oxygens (including phenoxy) is 4. The molecule has 2 atom stereocenters. The average Bonchev–Trinajstić information content (AvgIpc) is 3.01. The van der Waals surface area contributed by atoms with Gasteiger partial charge in [0.2, 0.25) is 0 Å². The molecule has 0 aromatic carbocycles. The normalized spacial score (nSPS) is 13.0. The highest BCUT2D eigenvalue weighted by Gasteiger charge is 2.18. The zero-order chi connectivity index (χ0) is 31.8. The summed E-state index contributed by atoms with van der Waals surface area (Å²) < 4.78 is 19.3. The average molecular weight is 607 g/mol. The van der Waals surface area contributed by atoms with Gasteiger partial charge in [0, 0.05) is 0 Å². The van der Waals surface area contributed by atoms with E-state index >= 15 is 0 Å². The summed E-state index contributed by atoms with van der Waals surface area (Å²) in [5.74, 6) is -0.380. The van der Waals surface area contributed by atoms with Crippen molar-refractivity contribution in [2.45, 2.75) is 76.3 Å². The van der Waals surface area contributed by atoms with Crippen molar-refractivity contribution in [1.82, 2.24) is 21.3 Å². The van der Waals surface area contributed by atoms with Gasteiger partial charge in [-0.05, 0) is 98.1 Å². The van der Waals surface area contributed by atoms with Crippen LogP contribution in [-0.4, -0.2) is 118 Å². The molecule has 0 amide bonds. The van der Waals surface area contributed by atoms with Crippen molar-refractivity contribution in [2.75, 3.05) is 81.8 Å². The van der Waals surface area contributed by atoms with E-state index < -0.39 is 0 Å². The predicted molar refractivity (Wildman–Crippen MR) is 166 cm³/mol.